The number of pyridine rings is 1. The molecule has 0 atom stereocenters. The molecule has 0 radical (unpaired) electrons. The van der Waals surface area contributed by atoms with Gasteiger partial charge in [-0.25, -0.2) is 4.98 Å². The molecule has 1 aromatic carbocycles. The number of rotatable bonds is 12. The van der Waals surface area contributed by atoms with Crippen LogP contribution in [0.15, 0.2) is 47.4 Å². The van der Waals surface area contributed by atoms with E-state index < -0.39 is 0 Å². The maximum Gasteiger partial charge on any atom is 0.251 e. The number of aromatic amines is 1. The minimum Gasteiger partial charge on any atom is -0.306 e. The SMILES string of the molecule is CCCCCCCc1ccc(-c2cc(=O)[nH]c(-c3cc(CNC(=P)C(C)C)ccc3Cl)n2)cn1. The highest BCUT2D eigenvalue weighted by Crippen LogP contribution is 2.27. The van der Waals surface area contributed by atoms with Gasteiger partial charge in [0.1, 0.15) is 5.82 Å². The Morgan fingerprint density at radius 1 is 1.12 bits per heavy atom. The largest absolute Gasteiger partial charge is 0.306 e. The predicted molar refractivity (Wildman–Crippen MR) is 146 cm³/mol. The van der Waals surface area contributed by atoms with Crippen LogP contribution in [0.1, 0.15) is 64.1 Å². The monoisotopic (exact) mass is 496 g/mol. The van der Waals surface area contributed by atoms with Crippen molar-refractivity contribution in [2.45, 2.75) is 65.8 Å². The molecular formula is C27H34ClN4OP. The summed E-state index contributed by atoms with van der Waals surface area (Å²) in [6.45, 7) is 7.08. The molecule has 0 saturated carbocycles. The molecule has 2 N–H and O–H groups in total. The van der Waals surface area contributed by atoms with Crippen LogP contribution in [-0.2, 0) is 13.0 Å². The Balaban J connectivity index is 1.78. The van der Waals surface area contributed by atoms with E-state index in [2.05, 4.69) is 44.9 Å². The highest BCUT2D eigenvalue weighted by molar-refractivity contribution is 7.20. The average Bonchev–Trinajstić information content (AvgIpc) is 2.83. The van der Waals surface area contributed by atoms with Crippen molar-refractivity contribution in [2.75, 3.05) is 0 Å². The van der Waals surface area contributed by atoms with Crippen LogP contribution < -0.4 is 10.9 Å². The molecule has 2 aromatic heterocycles. The van der Waals surface area contributed by atoms with E-state index in [1.54, 1.807) is 6.20 Å². The summed E-state index contributed by atoms with van der Waals surface area (Å²) < 4.78 is 0. The Morgan fingerprint density at radius 2 is 1.91 bits per heavy atom. The fraction of sp³-hybridized carbons (Fsp3) is 0.407. The van der Waals surface area contributed by atoms with Crippen LogP contribution in [-0.4, -0.2) is 20.4 Å². The number of halogens is 1. The van der Waals surface area contributed by atoms with E-state index in [1.807, 2.05) is 30.3 Å². The van der Waals surface area contributed by atoms with Crippen molar-refractivity contribution in [3.63, 3.8) is 0 Å². The second kappa shape index (κ2) is 12.9. The molecule has 0 aliphatic carbocycles. The summed E-state index contributed by atoms with van der Waals surface area (Å²) >= 11 is 6.49. The van der Waals surface area contributed by atoms with Crippen molar-refractivity contribution < 1.29 is 0 Å². The molecule has 0 aliphatic rings. The third kappa shape index (κ3) is 7.59. The van der Waals surface area contributed by atoms with Gasteiger partial charge in [-0.05, 0) is 48.6 Å². The van der Waals surface area contributed by atoms with Gasteiger partial charge in [0.15, 0.2) is 0 Å². The molecule has 34 heavy (non-hydrogen) atoms. The van der Waals surface area contributed by atoms with Crippen LogP contribution >= 0.6 is 20.5 Å². The van der Waals surface area contributed by atoms with Crippen LogP contribution in [0.4, 0.5) is 0 Å². The lowest BCUT2D eigenvalue weighted by molar-refractivity contribution is 0.628. The van der Waals surface area contributed by atoms with Gasteiger partial charge in [0.25, 0.3) is 5.56 Å². The van der Waals surface area contributed by atoms with E-state index in [0.29, 0.717) is 34.6 Å². The van der Waals surface area contributed by atoms with Gasteiger partial charge in [0.05, 0.1) is 10.7 Å². The molecule has 7 heteroatoms. The molecule has 0 fully saturated rings. The second-order valence-electron chi connectivity index (χ2n) is 8.92. The van der Waals surface area contributed by atoms with Crippen LogP contribution in [0.25, 0.3) is 22.6 Å². The summed E-state index contributed by atoms with van der Waals surface area (Å²) in [6.07, 6.45) is 8.97. The van der Waals surface area contributed by atoms with Crippen LogP contribution in [0.3, 0.4) is 0 Å². The molecule has 5 nitrogen and oxygen atoms in total. The molecular weight excluding hydrogens is 463 g/mol. The first-order valence-electron chi connectivity index (χ1n) is 12.0. The molecule has 2 heterocycles. The summed E-state index contributed by atoms with van der Waals surface area (Å²) in [4.78, 5) is 24.6. The van der Waals surface area contributed by atoms with Gasteiger partial charge in [-0.3, -0.25) is 15.1 Å². The number of aromatic nitrogens is 3. The average molecular weight is 497 g/mol. The Morgan fingerprint density at radius 3 is 2.62 bits per heavy atom. The van der Waals surface area contributed by atoms with Gasteiger partial charge in [-0.2, -0.15) is 0 Å². The quantitative estimate of drug-likeness (QED) is 0.216. The second-order valence-corrected chi connectivity index (χ2v) is 9.86. The Hall–Kier alpha value is -2.33. The van der Waals surface area contributed by atoms with E-state index in [1.165, 1.54) is 31.7 Å². The predicted octanol–water partition coefficient (Wildman–Crippen LogP) is 6.68. The van der Waals surface area contributed by atoms with Gasteiger partial charge in [0, 0.05) is 41.0 Å². The molecule has 180 valence electrons. The first-order valence-corrected chi connectivity index (χ1v) is 12.9. The third-order valence-corrected chi connectivity index (χ3v) is 6.83. The Labute approximate surface area is 209 Å². The number of unbranched alkanes of at least 4 members (excludes halogenated alkanes) is 4. The minimum atomic E-state index is -0.227. The molecule has 0 unspecified atom stereocenters. The van der Waals surface area contributed by atoms with Crippen LogP contribution in [0.5, 0.6) is 0 Å². The molecule has 0 bridgehead atoms. The van der Waals surface area contributed by atoms with E-state index in [-0.39, 0.29) is 5.56 Å². The molecule has 0 aliphatic heterocycles. The summed E-state index contributed by atoms with van der Waals surface area (Å²) in [5.74, 6) is 0.819. The van der Waals surface area contributed by atoms with Gasteiger partial charge < -0.3 is 4.98 Å². The number of H-pyrrole nitrogens is 1. The van der Waals surface area contributed by atoms with Crippen LogP contribution in [0, 0.1) is 5.92 Å². The number of hydrogen-bond donors (Lipinski definition) is 2. The van der Waals surface area contributed by atoms with E-state index in [9.17, 15) is 4.79 Å². The molecule has 3 aromatic rings. The van der Waals surface area contributed by atoms with Crippen molar-refractivity contribution in [3.8, 4) is 22.6 Å². The lowest BCUT2D eigenvalue weighted by Crippen LogP contribution is -2.24. The number of aryl methyl sites for hydroxylation is 1. The van der Waals surface area contributed by atoms with Gasteiger partial charge in [-0.15, -0.1) is 8.86 Å². The summed E-state index contributed by atoms with van der Waals surface area (Å²) in [5.41, 5.74) is 4.99. The zero-order valence-electron chi connectivity index (χ0n) is 20.2. The number of nitrogens with zero attached hydrogens (tertiary/aromatic N) is 2. The fourth-order valence-corrected chi connectivity index (χ4v) is 3.93. The maximum atomic E-state index is 12.5. The van der Waals surface area contributed by atoms with E-state index in [0.717, 1.165) is 35.1 Å². The fourth-order valence-electron chi connectivity index (χ4n) is 3.63. The van der Waals surface area contributed by atoms with Crippen molar-refractivity contribution in [1.29, 1.82) is 0 Å². The van der Waals surface area contributed by atoms with Crippen molar-refractivity contribution in [2.24, 2.45) is 5.92 Å². The first kappa shape index (κ1) is 26.3. The lowest BCUT2D eigenvalue weighted by Gasteiger charge is -2.12. The van der Waals surface area contributed by atoms with Crippen molar-refractivity contribution >= 4 is 25.9 Å². The standard InChI is InChI=1S/C27H34ClN4OP/c1-4-5-6-7-8-9-21-12-11-20(17-29-21)24-15-25(33)32-26(31-24)22-14-19(10-13-23(22)28)16-30-27(34)18(2)3/h10-15,17-18,30,34H,4-9,16H2,1-3H3,(H,31,32,33). The number of nitrogens with one attached hydrogen (secondary N) is 2. The van der Waals surface area contributed by atoms with E-state index in [4.69, 9.17) is 16.6 Å². The Bertz CT molecular complexity index is 1160. The number of hydrogen-bond acceptors (Lipinski definition) is 3. The smallest absolute Gasteiger partial charge is 0.251 e. The summed E-state index contributed by atoms with van der Waals surface area (Å²) in [5, 5.41) is 3.90. The van der Waals surface area contributed by atoms with E-state index >= 15 is 0 Å². The zero-order chi connectivity index (χ0) is 24.5. The van der Waals surface area contributed by atoms with Crippen LogP contribution in [0.2, 0.25) is 5.02 Å². The lowest BCUT2D eigenvalue weighted by atomic mass is 10.1. The summed E-state index contributed by atoms with van der Waals surface area (Å²) in [6, 6.07) is 11.3. The van der Waals surface area contributed by atoms with Crippen molar-refractivity contribution in [3.05, 3.63) is 69.2 Å². The molecule has 0 amide bonds. The van der Waals surface area contributed by atoms with Gasteiger partial charge >= 0.3 is 0 Å². The highest BCUT2D eigenvalue weighted by atomic mass is 35.5. The third-order valence-electron chi connectivity index (χ3n) is 5.74. The highest BCUT2D eigenvalue weighted by Gasteiger charge is 2.12. The molecule has 0 saturated heterocycles. The van der Waals surface area contributed by atoms with Gasteiger partial charge in [-0.1, -0.05) is 64.1 Å². The molecule has 0 spiro atoms. The normalized spacial score (nSPS) is 11.2. The Kier molecular flexibility index (Phi) is 10.0. The first-order chi connectivity index (χ1) is 16.4. The molecule has 3 rings (SSSR count). The summed E-state index contributed by atoms with van der Waals surface area (Å²) in [7, 11) is 3.62. The maximum absolute atomic E-state index is 12.5. The number of benzene rings is 1. The minimum absolute atomic E-state index is 0.227. The topological polar surface area (TPSA) is 70.7 Å². The van der Waals surface area contributed by atoms with Crippen molar-refractivity contribution in [1.82, 2.24) is 20.3 Å². The van der Waals surface area contributed by atoms with Gasteiger partial charge in [0.2, 0.25) is 0 Å². The zero-order valence-corrected chi connectivity index (χ0v) is 22.0.